The second-order valence-electron chi connectivity index (χ2n) is 4.16. The molecule has 20 heavy (non-hydrogen) atoms. The van der Waals surface area contributed by atoms with Crippen LogP contribution in [0.15, 0.2) is 46.2 Å². The number of nitrogens with one attached hydrogen (secondary N) is 1. The smallest absolute Gasteiger partial charge is 0.322 e. The molecule has 3 aromatic rings. The maximum Gasteiger partial charge on any atom is 0.322 e. The van der Waals surface area contributed by atoms with E-state index in [0.29, 0.717) is 11.5 Å². The average Bonchev–Trinajstić information content (AvgIpc) is 3.09. The zero-order valence-corrected chi connectivity index (χ0v) is 11.5. The number of benzene rings is 1. The van der Waals surface area contributed by atoms with Crippen LogP contribution < -0.4 is 5.32 Å². The van der Waals surface area contributed by atoms with E-state index in [0.717, 1.165) is 10.4 Å². The van der Waals surface area contributed by atoms with E-state index in [-0.39, 0.29) is 11.9 Å². The molecule has 0 bridgehead atoms. The van der Waals surface area contributed by atoms with Crippen LogP contribution in [-0.2, 0) is 0 Å². The molecule has 0 radical (unpaired) electrons. The Morgan fingerprint density at radius 1 is 1.20 bits per heavy atom. The lowest BCUT2D eigenvalue weighted by atomic mass is 10.1. The normalized spacial score (nSPS) is 10.4. The van der Waals surface area contributed by atoms with E-state index in [2.05, 4.69) is 15.5 Å². The Bertz CT molecular complexity index is 734. The standard InChI is InChI=1S/C14H11N3O2S/c1-9-5-2-3-6-10(9)12(18)15-14-17-16-13(19-14)11-7-4-8-20-11/h2-8H,1H3,(H,15,17,18). The number of thiophene rings is 1. The van der Waals surface area contributed by atoms with Crippen LogP contribution in [0.1, 0.15) is 15.9 Å². The van der Waals surface area contributed by atoms with Crippen LogP contribution in [0.4, 0.5) is 6.01 Å². The fraction of sp³-hybridized carbons (Fsp3) is 0.0714. The monoisotopic (exact) mass is 285 g/mol. The molecule has 0 saturated heterocycles. The quantitative estimate of drug-likeness (QED) is 0.801. The Morgan fingerprint density at radius 2 is 2.05 bits per heavy atom. The molecular formula is C14H11N3O2S. The topological polar surface area (TPSA) is 68.0 Å². The van der Waals surface area contributed by atoms with Crippen molar-refractivity contribution in [3.63, 3.8) is 0 Å². The van der Waals surface area contributed by atoms with Crippen LogP contribution in [0.25, 0.3) is 10.8 Å². The number of amides is 1. The van der Waals surface area contributed by atoms with Crippen LogP contribution in [0.2, 0.25) is 0 Å². The van der Waals surface area contributed by atoms with E-state index < -0.39 is 0 Å². The lowest BCUT2D eigenvalue weighted by molar-refractivity contribution is 0.102. The number of hydrogen-bond donors (Lipinski definition) is 1. The third-order valence-electron chi connectivity index (χ3n) is 2.77. The van der Waals surface area contributed by atoms with Gasteiger partial charge in [0.25, 0.3) is 11.8 Å². The van der Waals surface area contributed by atoms with Gasteiger partial charge in [-0.15, -0.1) is 16.4 Å². The minimum absolute atomic E-state index is 0.0988. The Hall–Kier alpha value is -2.47. The molecule has 0 spiro atoms. The van der Waals surface area contributed by atoms with E-state index in [1.54, 1.807) is 6.07 Å². The highest BCUT2D eigenvalue weighted by atomic mass is 32.1. The van der Waals surface area contributed by atoms with Gasteiger partial charge in [-0.3, -0.25) is 10.1 Å². The predicted octanol–water partition coefficient (Wildman–Crippen LogP) is 3.36. The number of hydrogen-bond acceptors (Lipinski definition) is 5. The number of rotatable bonds is 3. The summed E-state index contributed by atoms with van der Waals surface area (Å²) in [5.74, 6) is 0.143. The van der Waals surface area contributed by atoms with Crippen molar-refractivity contribution in [2.75, 3.05) is 5.32 Å². The molecule has 6 heteroatoms. The number of aromatic nitrogens is 2. The van der Waals surface area contributed by atoms with Crippen LogP contribution in [0.5, 0.6) is 0 Å². The van der Waals surface area contributed by atoms with Gasteiger partial charge in [-0.2, -0.15) is 0 Å². The zero-order chi connectivity index (χ0) is 13.9. The second-order valence-corrected chi connectivity index (χ2v) is 5.11. The molecular weight excluding hydrogens is 274 g/mol. The highest BCUT2D eigenvalue weighted by Gasteiger charge is 2.14. The molecule has 0 fully saturated rings. The summed E-state index contributed by atoms with van der Waals surface area (Å²) in [6, 6.07) is 11.2. The molecule has 0 saturated carbocycles. The lowest BCUT2D eigenvalue weighted by Gasteiger charge is -2.03. The largest absolute Gasteiger partial charge is 0.402 e. The Labute approximate surface area is 119 Å². The minimum Gasteiger partial charge on any atom is -0.402 e. The summed E-state index contributed by atoms with van der Waals surface area (Å²) in [6.45, 7) is 1.87. The maximum absolute atomic E-state index is 12.1. The van der Waals surface area contributed by atoms with Gasteiger partial charge in [0.05, 0.1) is 4.88 Å². The van der Waals surface area contributed by atoms with Gasteiger partial charge >= 0.3 is 6.01 Å². The van der Waals surface area contributed by atoms with E-state index in [4.69, 9.17) is 4.42 Å². The first-order valence-corrected chi connectivity index (χ1v) is 6.86. The first-order chi connectivity index (χ1) is 9.74. The fourth-order valence-corrected chi connectivity index (χ4v) is 2.41. The first-order valence-electron chi connectivity index (χ1n) is 5.98. The number of nitrogens with zero attached hydrogens (tertiary/aromatic N) is 2. The molecule has 0 unspecified atom stereocenters. The van der Waals surface area contributed by atoms with Gasteiger partial charge in [-0.25, -0.2) is 0 Å². The summed E-state index contributed by atoms with van der Waals surface area (Å²) >= 11 is 1.50. The highest BCUT2D eigenvalue weighted by Crippen LogP contribution is 2.24. The van der Waals surface area contributed by atoms with Crippen molar-refractivity contribution < 1.29 is 9.21 Å². The Morgan fingerprint density at radius 3 is 2.80 bits per heavy atom. The van der Waals surface area contributed by atoms with Crippen LogP contribution in [0.3, 0.4) is 0 Å². The predicted molar refractivity (Wildman–Crippen MR) is 76.7 cm³/mol. The van der Waals surface area contributed by atoms with E-state index in [1.807, 2.05) is 42.6 Å². The number of aryl methyl sites for hydroxylation is 1. The lowest BCUT2D eigenvalue weighted by Crippen LogP contribution is -2.13. The summed E-state index contributed by atoms with van der Waals surface area (Å²) in [5.41, 5.74) is 1.48. The summed E-state index contributed by atoms with van der Waals surface area (Å²) in [6.07, 6.45) is 0. The molecule has 100 valence electrons. The van der Waals surface area contributed by atoms with Crippen molar-refractivity contribution in [3.05, 3.63) is 52.9 Å². The van der Waals surface area contributed by atoms with Gasteiger partial charge in [0.15, 0.2) is 0 Å². The third-order valence-corrected chi connectivity index (χ3v) is 3.62. The summed E-state index contributed by atoms with van der Waals surface area (Å²) in [5, 5.41) is 12.3. The summed E-state index contributed by atoms with van der Waals surface area (Å²) in [4.78, 5) is 13.0. The molecule has 3 rings (SSSR count). The van der Waals surface area contributed by atoms with Gasteiger partial charge in [0.1, 0.15) is 0 Å². The van der Waals surface area contributed by atoms with Gasteiger partial charge < -0.3 is 4.42 Å². The van der Waals surface area contributed by atoms with E-state index in [1.165, 1.54) is 11.3 Å². The molecule has 0 aliphatic heterocycles. The van der Waals surface area contributed by atoms with Crippen molar-refractivity contribution in [2.45, 2.75) is 6.92 Å². The fourth-order valence-electron chi connectivity index (χ4n) is 1.77. The molecule has 5 nitrogen and oxygen atoms in total. The molecule has 2 aromatic heterocycles. The summed E-state index contributed by atoms with van der Waals surface area (Å²) < 4.78 is 5.42. The molecule has 0 atom stereocenters. The number of carbonyl (C=O) groups excluding carboxylic acids is 1. The molecule has 2 heterocycles. The van der Waals surface area contributed by atoms with Crippen molar-refractivity contribution >= 4 is 23.3 Å². The van der Waals surface area contributed by atoms with Crippen LogP contribution in [-0.4, -0.2) is 16.1 Å². The van der Waals surface area contributed by atoms with Crippen LogP contribution >= 0.6 is 11.3 Å². The minimum atomic E-state index is -0.260. The van der Waals surface area contributed by atoms with Gasteiger partial charge in [-0.05, 0) is 30.0 Å². The van der Waals surface area contributed by atoms with Gasteiger partial charge in [-0.1, -0.05) is 29.4 Å². The van der Waals surface area contributed by atoms with Crippen molar-refractivity contribution in [2.24, 2.45) is 0 Å². The highest BCUT2D eigenvalue weighted by molar-refractivity contribution is 7.13. The Balaban J connectivity index is 1.79. The number of anilines is 1. The molecule has 0 aliphatic carbocycles. The Kier molecular flexibility index (Phi) is 3.30. The molecule has 0 aliphatic rings. The van der Waals surface area contributed by atoms with Crippen molar-refractivity contribution in [1.29, 1.82) is 0 Å². The number of carbonyl (C=O) groups is 1. The zero-order valence-electron chi connectivity index (χ0n) is 10.7. The SMILES string of the molecule is Cc1ccccc1C(=O)Nc1nnc(-c2cccs2)o1. The van der Waals surface area contributed by atoms with E-state index in [9.17, 15) is 4.79 Å². The summed E-state index contributed by atoms with van der Waals surface area (Å²) in [7, 11) is 0. The first kappa shape index (κ1) is 12.6. The van der Waals surface area contributed by atoms with Gasteiger partial charge in [0, 0.05) is 5.56 Å². The molecule has 1 aromatic carbocycles. The second kappa shape index (κ2) is 5.26. The van der Waals surface area contributed by atoms with Crippen molar-refractivity contribution in [1.82, 2.24) is 10.2 Å². The maximum atomic E-state index is 12.1. The van der Waals surface area contributed by atoms with Crippen molar-refractivity contribution in [3.8, 4) is 10.8 Å². The molecule has 1 N–H and O–H groups in total. The average molecular weight is 285 g/mol. The third kappa shape index (κ3) is 2.46. The van der Waals surface area contributed by atoms with Crippen LogP contribution in [0, 0.1) is 6.92 Å². The molecule has 1 amide bonds. The van der Waals surface area contributed by atoms with E-state index >= 15 is 0 Å². The van der Waals surface area contributed by atoms with Gasteiger partial charge in [0.2, 0.25) is 0 Å².